The number of nitrogens with zero attached hydrogens (tertiary/aromatic N) is 1. The van der Waals surface area contributed by atoms with Gasteiger partial charge in [0.2, 0.25) is 0 Å². The molecule has 0 spiro atoms. The van der Waals surface area contributed by atoms with E-state index in [1.165, 1.54) is 36.4 Å². The van der Waals surface area contributed by atoms with Crippen molar-refractivity contribution in [2.45, 2.75) is 23.1 Å². The highest BCUT2D eigenvalue weighted by Gasteiger charge is 2.12. The zero-order valence-corrected chi connectivity index (χ0v) is 9.37. The molecule has 1 aromatic heterocycles. The minimum Gasteiger partial charge on any atom is -0.440 e. The van der Waals surface area contributed by atoms with Crippen molar-refractivity contribution >= 4 is 11.8 Å². The predicted octanol–water partition coefficient (Wildman–Crippen LogP) is 3.02. The Kier molecular flexibility index (Phi) is 3.26. The summed E-state index contributed by atoms with van der Waals surface area (Å²) in [6.07, 6.45) is 2.27. The highest BCUT2D eigenvalue weighted by atomic mass is 32.2. The highest BCUT2D eigenvalue weighted by Crippen LogP contribution is 2.32. The van der Waals surface area contributed by atoms with Crippen molar-refractivity contribution < 1.29 is 13.9 Å². The van der Waals surface area contributed by atoms with Crippen molar-refractivity contribution in [2.24, 2.45) is 0 Å². The molecule has 1 aromatic carbocycles. The lowest BCUT2D eigenvalue weighted by Crippen LogP contribution is -1.95. The van der Waals surface area contributed by atoms with Gasteiger partial charge < -0.3 is 9.52 Å². The number of aliphatic hydroxyl groups is 1. The molecule has 1 N–H and O–H groups in total. The lowest BCUT2D eigenvalue weighted by atomic mass is 10.1. The van der Waals surface area contributed by atoms with Crippen LogP contribution in [0.25, 0.3) is 0 Å². The first-order valence-electron chi connectivity index (χ1n) is 4.71. The van der Waals surface area contributed by atoms with Crippen molar-refractivity contribution in [2.75, 3.05) is 0 Å². The molecule has 3 nitrogen and oxygen atoms in total. The molecule has 1 unspecified atom stereocenters. The monoisotopic (exact) mass is 239 g/mol. The van der Waals surface area contributed by atoms with Crippen LogP contribution in [0.3, 0.4) is 0 Å². The van der Waals surface area contributed by atoms with Crippen LogP contribution in [0.15, 0.2) is 45.2 Å². The number of hydrogen-bond acceptors (Lipinski definition) is 4. The fourth-order valence-corrected chi connectivity index (χ4v) is 2.18. The second-order valence-corrected chi connectivity index (χ2v) is 4.25. The summed E-state index contributed by atoms with van der Waals surface area (Å²) in [6, 6.07) is 4.26. The summed E-state index contributed by atoms with van der Waals surface area (Å²) in [5, 5.41) is 9.99. The summed E-state index contributed by atoms with van der Waals surface area (Å²) in [7, 11) is 0. The van der Waals surface area contributed by atoms with Crippen LogP contribution in [-0.4, -0.2) is 10.1 Å². The summed E-state index contributed by atoms with van der Waals surface area (Å²) in [5.74, 6) is -0.368. The Morgan fingerprint density at radius 3 is 2.94 bits per heavy atom. The Morgan fingerprint density at radius 2 is 2.31 bits per heavy atom. The number of halogens is 1. The topological polar surface area (TPSA) is 46.3 Å². The molecule has 0 saturated heterocycles. The second-order valence-electron chi connectivity index (χ2n) is 3.26. The van der Waals surface area contributed by atoms with Crippen molar-refractivity contribution in [3.05, 3.63) is 42.0 Å². The van der Waals surface area contributed by atoms with Gasteiger partial charge in [-0.2, -0.15) is 0 Å². The quantitative estimate of drug-likeness (QED) is 0.894. The van der Waals surface area contributed by atoms with Crippen LogP contribution in [0.1, 0.15) is 18.6 Å². The van der Waals surface area contributed by atoms with Crippen LogP contribution in [0, 0.1) is 5.82 Å². The molecule has 0 radical (unpaired) electrons. The Hall–Kier alpha value is -1.33. The average Bonchev–Trinajstić information content (AvgIpc) is 2.73. The van der Waals surface area contributed by atoms with E-state index in [9.17, 15) is 9.50 Å². The molecule has 0 aliphatic heterocycles. The van der Waals surface area contributed by atoms with E-state index in [1.807, 2.05) is 0 Å². The van der Waals surface area contributed by atoms with E-state index in [4.69, 9.17) is 4.42 Å². The molecule has 1 atom stereocenters. The van der Waals surface area contributed by atoms with Gasteiger partial charge in [-0.05, 0) is 42.4 Å². The zero-order chi connectivity index (χ0) is 11.5. The molecule has 0 saturated carbocycles. The predicted molar refractivity (Wildman–Crippen MR) is 57.7 cm³/mol. The Balaban J connectivity index is 2.33. The maximum absolute atomic E-state index is 13.0. The third kappa shape index (κ3) is 2.43. The van der Waals surface area contributed by atoms with Gasteiger partial charge in [0.15, 0.2) is 0 Å². The van der Waals surface area contributed by atoms with E-state index < -0.39 is 6.10 Å². The fraction of sp³-hybridized carbons (Fsp3) is 0.182. The molecule has 0 amide bonds. The highest BCUT2D eigenvalue weighted by molar-refractivity contribution is 7.99. The lowest BCUT2D eigenvalue weighted by Gasteiger charge is -2.09. The first kappa shape index (κ1) is 11.2. The zero-order valence-electron chi connectivity index (χ0n) is 8.55. The molecule has 5 heteroatoms. The van der Waals surface area contributed by atoms with E-state index in [-0.39, 0.29) is 5.82 Å². The van der Waals surface area contributed by atoms with Crippen molar-refractivity contribution in [3.8, 4) is 0 Å². The average molecular weight is 239 g/mol. The summed E-state index contributed by atoms with van der Waals surface area (Å²) in [4.78, 5) is 4.69. The van der Waals surface area contributed by atoms with Gasteiger partial charge in [0.1, 0.15) is 12.1 Å². The van der Waals surface area contributed by atoms with E-state index in [0.717, 1.165) is 4.90 Å². The standard InChI is InChI=1S/C11H10FNO2S/c1-7(14)9-6-8(12)2-3-10(9)16-11-13-4-5-15-11/h2-7,14H,1H3. The minimum atomic E-state index is -0.729. The number of aromatic nitrogens is 1. The van der Waals surface area contributed by atoms with Gasteiger partial charge in [-0.3, -0.25) is 0 Å². The van der Waals surface area contributed by atoms with Crippen LogP contribution < -0.4 is 0 Å². The summed E-state index contributed by atoms with van der Waals surface area (Å²) >= 11 is 1.25. The third-order valence-corrected chi connectivity index (χ3v) is 3.00. The van der Waals surface area contributed by atoms with Crippen molar-refractivity contribution in [3.63, 3.8) is 0 Å². The molecule has 16 heavy (non-hydrogen) atoms. The number of rotatable bonds is 3. The molecule has 0 bridgehead atoms. The number of aliphatic hydroxyl groups excluding tert-OH is 1. The van der Waals surface area contributed by atoms with Gasteiger partial charge in [-0.25, -0.2) is 9.37 Å². The normalized spacial score (nSPS) is 12.7. The first-order valence-corrected chi connectivity index (χ1v) is 5.53. The van der Waals surface area contributed by atoms with Gasteiger partial charge >= 0.3 is 0 Å². The molecular formula is C11H10FNO2S. The third-order valence-electron chi connectivity index (χ3n) is 2.03. The largest absolute Gasteiger partial charge is 0.440 e. The Labute approximate surface area is 96.3 Å². The Bertz CT molecular complexity index is 471. The second kappa shape index (κ2) is 4.67. The van der Waals surface area contributed by atoms with Gasteiger partial charge in [0.25, 0.3) is 5.22 Å². The molecule has 1 heterocycles. The SMILES string of the molecule is CC(O)c1cc(F)ccc1Sc1ncco1. The van der Waals surface area contributed by atoms with Crippen LogP contribution in [0.4, 0.5) is 4.39 Å². The molecule has 0 aliphatic carbocycles. The molecule has 2 rings (SSSR count). The van der Waals surface area contributed by atoms with E-state index in [0.29, 0.717) is 10.8 Å². The van der Waals surface area contributed by atoms with E-state index >= 15 is 0 Å². The van der Waals surface area contributed by atoms with Crippen LogP contribution >= 0.6 is 11.8 Å². The molecule has 2 aromatic rings. The molecule has 0 aliphatic rings. The number of oxazole rings is 1. The van der Waals surface area contributed by atoms with Crippen LogP contribution in [-0.2, 0) is 0 Å². The molecule has 0 fully saturated rings. The van der Waals surface area contributed by atoms with Gasteiger partial charge in [-0.1, -0.05) is 0 Å². The maximum Gasteiger partial charge on any atom is 0.260 e. The van der Waals surface area contributed by atoms with Crippen LogP contribution in [0.5, 0.6) is 0 Å². The summed E-state index contributed by atoms with van der Waals surface area (Å²) in [6.45, 7) is 1.59. The minimum absolute atomic E-state index is 0.368. The Morgan fingerprint density at radius 1 is 1.50 bits per heavy atom. The van der Waals surface area contributed by atoms with Gasteiger partial charge in [0, 0.05) is 4.90 Å². The maximum atomic E-state index is 13.0. The smallest absolute Gasteiger partial charge is 0.260 e. The van der Waals surface area contributed by atoms with Crippen LogP contribution in [0.2, 0.25) is 0 Å². The first-order chi connectivity index (χ1) is 7.66. The lowest BCUT2D eigenvalue weighted by molar-refractivity contribution is 0.196. The molecule has 84 valence electrons. The summed E-state index contributed by atoms with van der Waals surface area (Å²) < 4.78 is 18.1. The van der Waals surface area contributed by atoms with Gasteiger partial charge in [0.05, 0.1) is 12.3 Å². The molecular weight excluding hydrogens is 229 g/mol. The van der Waals surface area contributed by atoms with Crippen molar-refractivity contribution in [1.82, 2.24) is 4.98 Å². The fourth-order valence-electron chi connectivity index (χ4n) is 1.29. The van der Waals surface area contributed by atoms with E-state index in [2.05, 4.69) is 4.98 Å². The number of benzene rings is 1. The van der Waals surface area contributed by atoms with Crippen molar-refractivity contribution in [1.29, 1.82) is 0 Å². The number of hydrogen-bond donors (Lipinski definition) is 1. The summed E-state index contributed by atoms with van der Waals surface area (Å²) in [5.41, 5.74) is 0.531. The van der Waals surface area contributed by atoms with Gasteiger partial charge in [-0.15, -0.1) is 0 Å². The van der Waals surface area contributed by atoms with E-state index in [1.54, 1.807) is 13.0 Å².